The van der Waals surface area contributed by atoms with E-state index in [1.54, 1.807) is 14.1 Å². The lowest BCUT2D eigenvalue weighted by atomic mass is 10.1. The fourth-order valence-electron chi connectivity index (χ4n) is 1.46. The fraction of sp³-hybridized carbons (Fsp3) is 0.462. The predicted octanol–water partition coefficient (Wildman–Crippen LogP) is 1.18. The van der Waals surface area contributed by atoms with Gasteiger partial charge in [-0.25, -0.2) is 4.39 Å². The number of hydrogen-bond acceptors (Lipinski definition) is 3. The van der Waals surface area contributed by atoms with Crippen molar-refractivity contribution in [1.82, 2.24) is 4.90 Å². The highest BCUT2D eigenvalue weighted by Gasteiger charge is 2.10. The topological polar surface area (TPSA) is 55.6 Å². The molecule has 0 aromatic heterocycles. The van der Waals surface area contributed by atoms with Crippen LogP contribution >= 0.6 is 0 Å². The monoisotopic (exact) mass is 254 g/mol. The molecule has 0 saturated heterocycles. The molecule has 1 amide bonds. The number of carbonyl (C=O) groups excluding carboxylic acids is 1. The maximum absolute atomic E-state index is 13.2. The standard InChI is InChI=1S/C13H19FN2O2/c1-9(15)6-10-7-11(14)4-5-12(10)18-8-13(17)16(2)3/h4-5,7,9H,6,8,15H2,1-3H3. The predicted molar refractivity (Wildman–Crippen MR) is 67.9 cm³/mol. The van der Waals surface area contributed by atoms with Crippen LogP contribution in [0.25, 0.3) is 0 Å². The molecule has 1 atom stereocenters. The number of benzene rings is 1. The Labute approximate surface area is 107 Å². The number of nitrogens with zero attached hydrogens (tertiary/aromatic N) is 1. The van der Waals surface area contributed by atoms with Crippen molar-refractivity contribution in [2.24, 2.45) is 5.73 Å². The molecule has 0 aliphatic carbocycles. The molecule has 4 nitrogen and oxygen atoms in total. The van der Waals surface area contributed by atoms with Crippen LogP contribution in [0.1, 0.15) is 12.5 Å². The van der Waals surface area contributed by atoms with Crippen molar-refractivity contribution in [3.05, 3.63) is 29.6 Å². The van der Waals surface area contributed by atoms with Gasteiger partial charge in [0.2, 0.25) is 0 Å². The van der Waals surface area contributed by atoms with E-state index in [9.17, 15) is 9.18 Å². The number of likely N-dealkylation sites (N-methyl/N-ethyl adjacent to an activating group) is 1. The van der Waals surface area contributed by atoms with E-state index in [1.165, 1.54) is 23.1 Å². The second-order valence-corrected chi connectivity index (χ2v) is 4.51. The summed E-state index contributed by atoms with van der Waals surface area (Å²) in [6.45, 7) is 1.77. The molecular weight excluding hydrogens is 235 g/mol. The van der Waals surface area contributed by atoms with Crippen molar-refractivity contribution in [3.8, 4) is 5.75 Å². The van der Waals surface area contributed by atoms with E-state index in [0.29, 0.717) is 17.7 Å². The molecule has 0 bridgehead atoms. The minimum atomic E-state index is -0.336. The first-order valence-electron chi connectivity index (χ1n) is 5.77. The summed E-state index contributed by atoms with van der Waals surface area (Å²) in [6, 6.07) is 4.12. The molecule has 2 N–H and O–H groups in total. The van der Waals surface area contributed by atoms with Gasteiger partial charge in [-0.05, 0) is 37.1 Å². The molecule has 1 rings (SSSR count). The molecule has 1 aromatic carbocycles. The highest BCUT2D eigenvalue weighted by atomic mass is 19.1. The van der Waals surface area contributed by atoms with Gasteiger partial charge >= 0.3 is 0 Å². The van der Waals surface area contributed by atoms with Gasteiger partial charge in [0.05, 0.1) is 0 Å². The number of hydrogen-bond donors (Lipinski definition) is 1. The van der Waals surface area contributed by atoms with Crippen LogP contribution in [-0.4, -0.2) is 37.6 Å². The van der Waals surface area contributed by atoms with Gasteiger partial charge in [-0.1, -0.05) is 0 Å². The van der Waals surface area contributed by atoms with E-state index in [0.717, 1.165) is 0 Å². The Morgan fingerprint density at radius 1 is 1.50 bits per heavy atom. The Morgan fingerprint density at radius 3 is 2.72 bits per heavy atom. The Morgan fingerprint density at radius 2 is 2.17 bits per heavy atom. The van der Waals surface area contributed by atoms with Crippen molar-refractivity contribution >= 4 is 5.91 Å². The number of halogens is 1. The van der Waals surface area contributed by atoms with Gasteiger partial charge in [-0.3, -0.25) is 4.79 Å². The fourth-order valence-corrected chi connectivity index (χ4v) is 1.46. The first kappa shape index (κ1) is 14.4. The smallest absolute Gasteiger partial charge is 0.259 e. The van der Waals surface area contributed by atoms with Crippen LogP contribution in [-0.2, 0) is 11.2 Å². The maximum atomic E-state index is 13.2. The number of rotatable bonds is 5. The molecule has 0 fully saturated rings. The summed E-state index contributed by atoms with van der Waals surface area (Å²) in [5.41, 5.74) is 6.37. The first-order valence-corrected chi connectivity index (χ1v) is 5.77. The van der Waals surface area contributed by atoms with E-state index in [1.807, 2.05) is 6.92 Å². The molecule has 0 radical (unpaired) electrons. The zero-order valence-corrected chi connectivity index (χ0v) is 10.9. The zero-order valence-electron chi connectivity index (χ0n) is 10.9. The molecule has 0 saturated carbocycles. The quantitative estimate of drug-likeness (QED) is 0.858. The van der Waals surface area contributed by atoms with Crippen LogP contribution in [0.2, 0.25) is 0 Å². The van der Waals surface area contributed by atoms with Gasteiger partial charge in [0.25, 0.3) is 5.91 Å². The third-order valence-corrected chi connectivity index (χ3v) is 2.41. The SMILES string of the molecule is CC(N)Cc1cc(F)ccc1OCC(=O)N(C)C. The molecular formula is C13H19FN2O2. The average Bonchev–Trinajstić information content (AvgIpc) is 2.26. The Kier molecular flexibility index (Phi) is 5.09. The lowest BCUT2D eigenvalue weighted by Gasteiger charge is -2.15. The zero-order chi connectivity index (χ0) is 13.7. The summed E-state index contributed by atoms with van der Waals surface area (Å²) in [5.74, 6) is 0.0203. The van der Waals surface area contributed by atoms with Crippen LogP contribution < -0.4 is 10.5 Å². The normalized spacial score (nSPS) is 12.1. The highest BCUT2D eigenvalue weighted by molar-refractivity contribution is 5.77. The summed E-state index contributed by atoms with van der Waals surface area (Å²) >= 11 is 0. The highest BCUT2D eigenvalue weighted by Crippen LogP contribution is 2.21. The second kappa shape index (κ2) is 6.35. The first-order chi connectivity index (χ1) is 8.40. The van der Waals surface area contributed by atoms with Gasteiger partial charge in [-0.15, -0.1) is 0 Å². The largest absolute Gasteiger partial charge is 0.483 e. The number of carbonyl (C=O) groups is 1. The van der Waals surface area contributed by atoms with Crippen molar-refractivity contribution in [1.29, 1.82) is 0 Å². The van der Waals surface area contributed by atoms with E-state index in [4.69, 9.17) is 10.5 Å². The number of nitrogens with two attached hydrogens (primary N) is 1. The van der Waals surface area contributed by atoms with Crippen molar-refractivity contribution in [2.45, 2.75) is 19.4 Å². The molecule has 18 heavy (non-hydrogen) atoms. The Hall–Kier alpha value is -1.62. The van der Waals surface area contributed by atoms with Crippen molar-refractivity contribution < 1.29 is 13.9 Å². The van der Waals surface area contributed by atoms with Gasteiger partial charge < -0.3 is 15.4 Å². The van der Waals surface area contributed by atoms with Crippen LogP contribution in [0.5, 0.6) is 5.75 Å². The molecule has 0 heterocycles. The van der Waals surface area contributed by atoms with Gasteiger partial charge in [-0.2, -0.15) is 0 Å². The van der Waals surface area contributed by atoms with E-state index in [-0.39, 0.29) is 24.4 Å². The van der Waals surface area contributed by atoms with E-state index >= 15 is 0 Å². The Bertz CT molecular complexity index is 419. The van der Waals surface area contributed by atoms with Gasteiger partial charge in [0.1, 0.15) is 11.6 Å². The Balaban J connectivity index is 2.78. The molecule has 1 aromatic rings. The molecule has 0 aliphatic heterocycles. The van der Waals surface area contributed by atoms with Gasteiger partial charge in [0.15, 0.2) is 6.61 Å². The lowest BCUT2D eigenvalue weighted by molar-refractivity contribution is -0.130. The van der Waals surface area contributed by atoms with E-state index < -0.39 is 0 Å². The van der Waals surface area contributed by atoms with Crippen molar-refractivity contribution in [3.63, 3.8) is 0 Å². The summed E-state index contributed by atoms with van der Waals surface area (Å²) in [6.07, 6.45) is 0.503. The molecule has 1 unspecified atom stereocenters. The van der Waals surface area contributed by atoms with Gasteiger partial charge in [0, 0.05) is 20.1 Å². The van der Waals surface area contributed by atoms with Crippen LogP contribution in [0, 0.1) is 5.82 Å². The third kappa shape index (κ3) is 4.33. The molecule has 100 valence electrons. The number of amides is 1. The minimum Gasteiger partial charge on any atom is -0.483 e. The van der Waals surface area contributed by atoms with E-state index in [2.05, 4.69) is 0 Å². The number of ether oxygens (including phenoxy) is 1. The third-order valence-electron chi connectivity index (χ3n) is 2.41. The van der Waals surface area contributed by atoms with Crippen LogP contribution in [0.4, 0.5) is 4.39 Å². The lowest BCUT2D eigenvalue weighted by Crippen LogP contribution is -2.28. The summed E-state index contributed by atoms with van der Waals surface area (Å²) < 4.78 is 18.6. The molecule has 0 spiro atoms. The minimum absolute atomic E-state index is 0.0649. The maximum Gasteiger partial charge on any atom is 0.259 e. The average molecular weight is 254 g/mol. The molecule has 5 heteroatoms. The summed E-state index contributed by atoms with van der Waals surface area (Å²) in [4.78, 5) is 12.9. The van der Waals surface area contributed by atoms with Crippen LogP contribution in [0.3, 0.4) is 0 Å². The van der Waals surface area contributed by atoms with Crippen molar-refractivity contribution in [2.75, 3.05) is 20.7 Å². The molecule has 0 aliphatic rings. The summed E-state index contributed by atoms with van der Waals surface area (Å²) in [7, 11) is 3.30. The van der Waals surface area contributed by atoms with Crippen LogP contribution in [0.15, 0.2) is 18.2 Å². The summed E-state index contributed by atoms with van der Waals surface area (Å²) in [5, 5.41) is 0. The second-order valence-electron chi connectivity index (χ2n) is 4.51.